The number of benzene rings is 1. The molecule has 25 heavy (non-hydrogen) atoms. The average molecular weight is 364 g/mol. The number of hydrogen-bond acceptors (Lipinski definition) is 4. The smallest absolute Gasteiger partial charge is 0.328 e. The second-order valence-electron chi connectivity index (χ2n) is 5.80. The summed E-state index contributed by atoms with van der Waals surface area (Å²) in [6, 6.07) is 8.63. The van der Waals surface area contributed by atoms with Crippen LogP contribution < -0.4 is 11.2 Å². The number of halogens is 1. The lowest BCUT2D eigenvalue weighted by Gasteiger charge is -2.33. The molecule has 1 saturated heterocycles. The van der Waals surface area contributed by atoms with Crippen molar-refractivity contribution in [2.24, 2.45) is 0 Å². The van der Waals surface area contributed by atoms with Crippen LogP contribution in [0.2, 0.25) is 5.02 Å². The maximum atomic E-state index is 12.4. The van der Waals surface area contributed by atoms with Crippen molar-refractivity contribution in [1.82, 2.24) is 14.5 Å². The van der Waals surface area contributed by atoms with E-state index in [1.807, 2.05) is 12.1 Å². The minimum atomic E-state index is -0.513. The molecule has 0 unspecified atom stereocenters. The summed E-state index contributed by atoms with van der Waals surface area (Å²) in [4.78, 5) is 39.0. The van der Waals surface area contributed by atoms with Crippen molar-refractivity contribution in [2.75, 3.05) is 19.7 Å². The number of amides is 1. The molecular formula is C17H18ClN3O4. The average Bonchev–Trinajstić information content (AvgIpc) is 2.61. The fourth-order valence-corrected chi connectivity index (χ4v) is 2.88. The minimum absolute atomic E-state index is 0.0552. The predicted octanol–water partition coefficient (Wildman–Crippen LogP) is 1.18. The van der Waals surface area contributed by atoms with Crippen molar-refractivity contribution in [3.8, 4) is 0 Å². The van der Waals surface area contributed by atoms with Crippen molar-refractivity contribution < 1.29 is 9.53 Å². The maximum Gasteiger partial charge on any atom is 0.328 e. The molecule has 1 aromatic heterocycles. The van der Waals surface area contributed by atoms with Crippen molar-refractivity contribution >= 4 is 17.5 Å². The Kier molecular flexibility index (Phi) is 5.35. The van der Waals surface area contributed by atoms with Crippen molar-refractivity contribution in [1.29, 1.82) is 0 Å². The quantitative estimate of drug-likeness (QED) is 0.884. The fourth-order valence-electron chi connectivity index (χ4n) is 2.75. The van der Waals surface area contributed by atoms with Crippen molar-refractivity contribution in [3.63, 3.8) is 0 Å². The molecule has 132 valence electrons. The normalized spacial score (nSPS) is 17.5. The van der Waals surface area contributed by atoms with Crippen LogP contribution in [0.15, 0.2) is 46.1 Å². The third-order valence-electron chi connectivity index (χ3n) is 4.12. The third-order valence-corrected chi connectivity index (χ3v) is 4.38. The Morgan fingerprint density at radius 2 is 2.00 bits per heavy atom. The molecule has 0 bridgehead atoms. The molecule has 3 rings (SSSR count). The molecule has 1 amide bonds. The summed E-state index contributed by atoms with van der Waals surface area (Å²) in [5.41, 5.74) is 0.00614. The number of hydrogen-bond donors (Lipinski definition) is 1. The van der Waals surface area contributed by atoms with Crippen LogP contribution in [0.25, 0.3) is 0 Å². The summed E-state index contributed by atoms with van der Waals surface area (Å²) < 4.78 is 7.06. The molecule has 1 aliphatic heterocycles. The van der Waals surface area contributed by atoms with Gasteiger partial charge in [-0.05, 0) is 17.7 Å². The zero-order chi connectivity index (χ0) is 17.8. The van der Waals surface area contributed by atoms with Crippen LogP contribution in [-0.2, 0) is 16.1 Å². The van der Waals surface area contributed by atoms with Gasteiger partial charge < -0.3 is 14.2 Å². The zero-order valence-electron chi connectivity index (χ0n) is 13.5. The summed E-state index contributed by atoms with van der Waals surface area (Å²) >= 11 is 5.90. The van der Waals surface area contributed by atoms with Gasteiger partial charge in [0.05, 0.1) is 13.2 Å². The molecule has 1 aromatic carbocycles. The lowest BCUT2D eigenvalue weighted by atomic mass is 10.1. The number of aromatic amines is 1. The van der Waals surface area contributed by atoms with Gasteiger partial charge in [-0.15, -0.1) is 0 Å². The predicted molar refractivity (Wildman–Crippen MR) is 92.7 cm³/mol. The van der Waals surface area contributed by atoms with Crippen LogP contribution >= 0.6 is 11.6 Å². The molecule has 1 N–H and O–H groups in total. The molecule has 1 aliphatic rings. The number of carbonyl (C=O) groups excluding carboxylic acids is 1. The Hall–Kier alpha value is -2.38. The highest BCUT2D eigenvalue weighted by Gasteiger charge is 2.25. The SMILES string of the molecule is O=C(CCn1ccc(=O)[nH]c1=O)N1CCO[C@@H](c2ccc(Cl)cc2)C1. The Labute approximate surface area is 148 Å². The monoisotopic (exact) mass is 363 g/mol. The van der Waals surface area contributed by atoms with Crippen LogP contribution in [-0.4, -0.2) is 40.1 Å². The Bertz CT molecular complexity index is 859. The van der Waals surface area contributed by atoms with Gasteiger partial charge in [0.2, 0.25) is 5.91 Å². The largest absolute Gasteiger partial charge is 0.370 e. The van der Waals surface area contributed by atoms with Gasteiger partial charge in [-0.2, -0.15) is 0 Å². The van der Waals surface area contributed by atoms with Gasteiger partial charge in [-0.1, -0.05) is 23.7 Å². The third kappa shape index (κ3) is 4.37. The highest BCUT2D eigenvalue weighted by Crippen LogP contribution is 2.24. The fraction of sp³-hybridized carbons (Fsp3) is 0.353. The van der Waals surface area contributed by atoms with E-state index in [0.717, 1.165) is 5.56 Å². The number of aromatic nitrogens is 2. The lowest BCUT2D eigenvalue weighted by molar-refractivity contribution is -0.139. The van der Waals surface area contributed by atoms with E-state index in [9.17, 15) is 14.4 Å². The topological polar surface area (TPSA) is 84.4 Å². The van der Waals surface area contributed by atoms with E-state index in [2.05, 4.69) is 4.98 Å². The van der Waals surface area contributed by atoms with Gasteiger partial charge in [0.15, 0.2) is 0 Å². The van der Waals surface area contributed by atoms with Crippen molar-refractivity contribution in [3.05, 3.63) is 68.0 Å². The summed E-state index contributed by atoms with van der Waals surface area (Å²) in [7, 11) is 0. The molecule has 7 nitrogen and oxygen atoms in total. The molecule has 0 spiro atoms. The van der Waals surface area contributed by atoms with Gasteiger partial charge in [-0.25, -0.2) is 4.79 Å². The van der Waals surface area contributed by atoms with E-state index in [1.54, 1.807) is 17.0 Å². The first-order valence-corrected chi connectivity index (χ1v) is 8.35. The minimum Gasteiger partial charge on any atom is -0.370 e. The van der Waals surface area contributed by atoms with Crippen LogP contribution in [0, 0.1) is 0 Å². The molecule has 8 heteroatoms. The Balaban J connectivity index is 1.61. The summed E-state index contributed by atoms with van der Waals surface area (Å²) in [6.45, 7) is 1.65. The Morgan fingerprint density at radius 3 is 2.72 bits per heavy atom. The molecular weight excluding hydrogens is 346 g/mol. The van der Waals surface area contributed by atoms with Gasteiger partial charge in [-0.3, -0.25) is 14.6 Å². The van der Waals surface area contributed by atoms with Crippen molar-refractivity contribution in [2.45, 2.75) is 19.1 Å². The highest BCUT2D eigenvalue weighted by atomic mass is 35.5. The number of morpholine rings is 1. The molecule has 0 saturated carbocycles. The van der Waals surface area contributed by atoms with E-state index in [1.165, 1.54) is 16.8 Å². The first kappa shape index (κ1) is 17.4. The molecule has 1 atom stereocenters. The van der Waals surface area contributed by atoms with Crippen LogP contribution in [0.5, 0.6) is 0 Å². The van der Waals surface area contributed by atoms with Gasteiger partial charge >= 0.3 is 5.69 Å². The number of rotatable bonds is 4. The van der Waals surface area contributed by atoms with E-state index in [-0.39, 0.29) is 25.0 Å². The number of aryl methyl sites for hydroxylation is 1. The number of carbonyl (C=O) groups is 1. The van der Waals surface area contributed by atoms with Gasteiger partial charge in [0.1, 0.15) is 6.10 Å². The molecule has 0 radical (unpaired) electrons. The molecule has 2 aromatic rings. The van der Waals surface area contributed by atoms with Crippen LogP contribution in [0.1, 0.15) is 18.1 Å². The summed E-state index contributed by atoms with van der Waals surface area (Å²) in [5, 5.41) is 0.652. The Morgan fingerprint density at radius 1 is 1.24 bits per heavy atom. The summed E-state index contributed by atoms with van der Waals surface area (Å²) in [6.07, 6.45) is 1.38. The highest BCUT2D eigenvalue weighted by molar-refractivity contribution is 6.30. The first-order valence-electron chi connectivity index (χ1n) is 7.97. The second kappa shape index (κ2) is 7.67. The number of nitrogens with zero attached hydrogens (tertiary/aromatic N) is 2. The number of H-pyrrole nitrogens is 1. The molecule has 2 heterocycles. The summed E-state index contributed by atoms with van der Waals surface area (Å²) in [5.74, 6) is -0.0552. The lowest BCUT2D eigenvalue weighted by Crippen LogP contribution is -2.42. The first-order chi connectivity index (χ1) is 12.0. The van der Waals surface area contributed by atoms with E-state index >= 15 is 0 Å². The van der Waals surface area contributed by atoms with E-state index in [0.29, 0.717) is 24.7 Å². The van der Waals surface area contributed by atoms with E-state index in [4.69, 9.17) is 16.3 Å². The number of ether oxygens (including phenoxy) is 1. The van der Waals surface area contributed by atoms with Crippen LogP contribution in [0.4, 0.5) is 0 Å². The second-order valence-corrected chi connectivity index (χ2v) is 6.24. The molecule has 0 aliphatic carbocycles. The molecule has 1 fully saturated rings. The number of nitrogens with one attached hydrogen (secondary N) is 1. The van der Waals surface area contributed by atoms with Gasteiger partial charge in [0, 0.05) is 36.8 Å². The maximum absolute atomic E-state index is 12.4. The van der Waals surface area contributed by atoms with Crippen LogP contribution in [0.3, 0.4) is 0 Å². The standard InChI is InChI=1S/C17H18ClN3O4/c18-13-3-1-12(2-4-13)14-11-21(9-10-25-14)16(23)6-8-20-7-5-15(22)19-17(20)24/h1-5,7,14H,6,8-11H2,(H,19,22,24)/t14-/m1/s1. The van der Waals surface area contributed by atoms with Gasteiger partial charge in [0.25, 0.3) is 5.56 Å². The zero-order valence-corrected chi connectivity index (χ0v) is 14.2. The van der Waals surface area contributed by atoms with E-state index < -0.39 is 11.2 Å².